The standard InChI is InChI=1S/C29H43N3O5S/c1-7-9-18-30-29(34)26(8-2)31(21-24-14-16-25(37-5)17-15-24)28(33)11-10-19-32(38(6,35)36)27-20-22(3)12-13-23(27)4/h12-17,20,26H,7-11,18-19,21H2,1-6H3,(H,30,34)/t26-/m0/s1. The van der Waals surface area contributed by atoms with Crippen LogP contribution in [0.25, 0.3) is 0 Å². The molecule has 8 nitrogen and oxygen atoms in total. The predicted octanol–water partition coefficient (Wildman–Crippen LogP) is 4.58. The second kappa shape index (κ2) is 14.8. The van der Waals surface area contributed by atoms with Crippen LogP contribution < -0.4 is 14.4 Å². The van der Waals surface area contributed by atoms with Crippen LogP contribution in [0.4, 0.5) is 5.69 Å². The van der Waals surface area contributed by atoms with E-state index in [4.69, 9.17) is 4.74 Å². The van der Waals surface area contributed by atoms with Crippen molar-refractivity contribution in [1.29, 1.82) is 0 Å². The third-order valence-electron chi connectivity index (χ3n) is 6.51. The van der Waals surface area contributed by atoms with Crippen molar-refractivity contribution in [2.45, 2.75) is 72.4 Å². The maximum absolute atomic E-state index is 13.5. The molecule has 0 spiro atoms. The molecule has 0 saturated carbocycles. The van der Waals surface area contributed by atoms with Gasteiger partial charge in [-0.25, -0.2) is 8.42 Å². The molecule has 0 radical (unpaired) electrons. The van der Waals surface area contributed by atoms with Crippen LogP contribution in [-0.2, 0) is 26.2 Å². The summed E-state index contributed by atoms with van der Waals surface area (Å²) in [6.07, 6.45) is 3.92. The van der Waals surface area contributed by atoms with E-state index >= 15 is 0 Å². The maximum Gasteiger partial charge on any atom is 0.242 e. The van der Waals surface area contributed by atoms with Gasteiger partial charge in [0, 0.05) is 26.1 Å². The number of carbonyl (C=O) groups excluding carboxylic acids is 2. The first kappa shape index (κ1) is 31.1. The van der Waals surface area contributed by atoms with Gasteiger partial charge in [-0.15, -0.1) is 0 Å². The molecule has 0 fully saturated rings. The Balaban J connectivity index is 2.23. The Morgan fingerprint density at radius 1 is 1.03 bits per heavy atom. The second-order valence-electron chi connectivity index (χ2n) is 9.67. The summed E-state index contributed by atoms with van der Waals surface area (Å²) >= 11 is 0. The average Bonchev–Trinajstić information content (AvgIpc) is 2.87. The number of hydrogen-bond donors (Lipinski definition) is 1. The minimum Gasteiger partial charge on any atom is -0.497 e. The lowest BCUT2D eigenvalue weighted by molar-refractivity contribution is -0.141. The highest BCUT2D eigenvalue weighted by molar-refractivity contribution is 7.92. The molecule has 2 aromatic carbocycles. The van der Waals surface area contributed by atoms with Crippen molar-refractivity contribution >= 4 is 27.5 Å². The molecule has 210 valence electrons. The number of nitrogens with zero attached hydrogens (tertiary/aromatic N) is 2. The molecule has 9 heteroatoms. The smallest absolute Gasteiger partial charge is 0.242 e. The van der Waals surface area contributed by atoms with E-state index in [0.29, 0.717) is 30.8 Å². The minimum absolute atomic E-state index is 0.117. The SMILES string of the molecule is CCCCNC(=O)[C@H](CC)N(Cc1ccc(OC)cc1)C(=O)CCCN(c1cc(C)ccc1C)S(C)(=O)=O. The van der Waals surface area contributed by atoms with Crippen molar-refractivity contribution in [3.63, 3.8) is 0 Å². The third kappa shape index (κ3) is 9.04. The molecule has 2 amide bonds. The number of ether oxygens (including phenoxy) is 1. The second-order valence-corrected chi connectivity index (χ2v) is 11.6. The fourth-order valence-corrected chi connectivity index (χ4v) is 5.34. The Kier molecular flexibility index (Phi) is 12.1. The van der Waals surface area contributed by atoms with Gasteiger partial charge >= 0.3 is 0 Å². The lowest BCUT2D eigenvalue weighted by Gasteiger charge is -2.31. The molecule has 2 aromatic rings. The highest BCUT2D eigenvalue weighted by Gasteiger charge is 2.29. The molecule has 0 saturated heterocycles. The molecule has 38 heavy (non-hydrogen) atoms. The fourth-order valence-electron chi connectivity index (χ4n) is 4.32. The Morgan fingerprint density at radius 3 is 2.29 bits per heavy atom. The molecule has 1 N–H and O–H groups in total. The molecule has 0 bridgehead atoms. The largest absolute Gasteiger partial charge is 0.497 e. The number of aryl methyl sites for hydroxylation is 2. The normalized spacial score (nSPS) is 12.1. The van der Waals surface area contributed by atoms with Gasteiger partial charge in [0.15, 0.2) is 0 Å². The summed E-state index contributed by atoms with van der Waals surface area (Å²) < 4.78 is 31.9. The number of carbonyl (C=O) groups is 2. The number of benzene rings is 2. The van der Waals surface area contributed by atoms with Crippen LogP contribution in [-0.4, -0.2) is 57.6 Å². The summed E-state index contributed by atoms with van der Waals surface area (Å²) in [6, 6.07) is 12.5. The van der Waals surface area contributed by atoms with Crippen LogP contribution in [0.3, 0.4) is 0 Å². The van der Waals surface area contributed by atoms with E-state index in [-0.39, 0.29) is 31.3 Å². The van der Waals surface area contributed by atoms with E-state index in [0.717, 1.165) is 29.5 Å². The first-order valence-corrected chi connectivity index (χ1v) is 15.1. The Hall–Kier alpha value is -3.07. The van der Waals surface area contributed by atoms with E-state index < -0.39 is 16.1 Å². The van der Waals surface area contributed by atoms with Gasteiger partial charge in [-0.3, -0.25) is 13.9 Å². The molecule has 0 heterocycles. The topological polar surface area (TPSA) is 96.0 Å². The van der Waals surface area contributed by atoms with E-state index in [2.05, 4.69) is 12.2 Å². The number of sulfonamides is 1. The number of nitrogens with one attached hydrogen (secondary N) is 1. The predicted molar refractivity (Wildman–Crippen MR) is 153 cm³/mol. The number of rotatable bonds is 15. The summed E-state index contributed by atoms with van der Waals surface area (Å²) in [7, 11) is -1.95. The first-order valence-electron chi connectivity index (χ1n) is 13.3. The lowest BCUT2D eigenvalue weighted by atomic mass is 10.1. The summed E-state index contributed by atoms with van der Waals surface area (Å²) in [5.74, 6) is 0.354. The molecule has 0 aliphatic rings. The van der Waals surface area contributed by atoms with Crippen molar-refractivity contribution in [2.75, 3.05) is 30.8 Å². The first-order chi connectivity index (χ1) is 18.0. The Labute approximate surface area is 228 Å². The van der Waals surface area contributed by atoms with E-state index in [1.807, 2.05) is 63.2 Å². The molecular formula is C29H43N3O5S. The number of unbranched alkanes of at least 4 members (excludes halogenated alkanes) is 1. The maximum atomic E-state index is 13.5. The summed E-state index contributed by atoms with van der Waals surface area (Å²) in [4.78, 5) is 28.2. The zero-order valence-corrected chi connectivity index (χ0v) is 24.4. The van der Waals surface area contributed by atoms with Crippen molar-refractivity contribution in [1.82, 2.24) is 10.2 Å². The zero-order valence-electron chi connectivity index (χ0n) is 23.6. The number of anilines is 1. The van der Waals surface area contributed by atoms with Crippen LogP contribution in [0.5, 0.6) is 5.75 Å². The summed E-state index contributed by atoms with van der Waals surface area (Å²) in [5, 5.41) is 2.96. The van der Waals surface area contributed by atoms with E-state index in [1.54, 1.807) is 12.0 Å². The molecule has 1 atom stereocenters. The van der Waals surface area contributed by atoms with Gasteiger partial charge in [0.05, 0.1) is 19.1 Å². The van der Waals surface area contributed by atoms with Crippen LogP contribution >= 0.6 is 0 Å². The van der Waals surface area contributed by atoms with Crippen molar-refractivity contribution in [3.05, 3.63) is 59.2 Å². The van der Waals surface area contributed by atoms with Gasteiger partial charge < -0.3 is 15.0 Å². The third-order valence-corrected chi connectivity index (χ3v) is 7.69. The van der Waals surface area contributed by atoms with E-state index in [1.165, 1.54) is 10.6 Å². The van der Waals surface area contributed by atoms with Crippen LogP contribution in [0.1, 0.15) is 62.6 Å². The highest BCUT2D eigenvalue weighted by atomic mass is 32.2. The van der Waals surface area contributed by atoms with Gasteiger partial charge in [-0.05, 0) is 68.0 Å². The molecule has 2 rings (SSSR count). The highest BCUT2D eigenvalue weighted by Crippen LogP contribution is 2.25. The number of amides is 2. The van der Waals surface area contributed by atoms with Crippen LogP contribution in [0.15, 0.2) is 42.5 Å². The van der Waals surface area contributed by atoms with E-state index in [9.17, 15) is 18.0 Å². The minimum atomic E-state index is -3.55. The molecule has 0 unspecified atom stereocenters. The lowest BCUT2D eigenvalue weighted by Crippen LogP contribution is -2.49. The monoisotopic (exact) mass is 545 g/mol. The Morgan fingerprint density at radius 2 is 1.71 bits per heavy atom. The fraction of sp³-hybridized carbons (Fsp3) is 0.517. The average molecular weight is 546 g/mol. The summed E-state index contributed by atoms with van der Waals surface area (Å²) in [5.41, 5.74) is 3.31. The molecular weight excluding hydrogens is 502 g/mol. The summed E-state index contributed by atoms with van der Waals surface area (Å²) in [6.45, 7) is 8.75. The molecule has 0 aliphatic carbocycles. The van der Waals surface area contributed by atoms with Crippen LogP contribution in [0, 0.1) is 13.8 Å². The van der Waals surface area contributed by atoms with Gasteiger partial charge in [-0.2, -0.15) is 0 Å². The molecule has 0 aromatic heterocycles. The van der Waals surface area contributed by atoms with Crippen molar-refractivity contribution in [2.24, 2.45) is 0 Å². The number of methoxy groups -OCH3 is 1. The van der Waals surface area contributed by atoms with Gasteiger partial charge in [0.25, 0.3) is 0 Å². The van der Waals surface area contributed by atoms with Crippen molar-refractivity contribution in [3.8, 4) is 5.75 Å². The van der Waals surface area contributed by atoms with Gasteiger partial charge in [0.1, 0.15) is 11.8 Å². The van der Waals surface area contributed by atoms with Gasteiger partial charge in [0.2, 0.25) is 21.8 Å². The zero-order chi connectivity index (χ0) is 28.3. The van der Waals surface area contributed by atoms with Crippen LogP contribution in [0.2, 0.25) is 0 Å². The quantitative estimate of drug-likeness (QED) is 0.331. The molecule has 0 aliphatic heterocycles. The number of hydrogen-bond acceptors (Lipinski definition) is 5. The Bertz CT molecular complexity index is 1170. The van der Waals surface area contributed by atoms with Crippen molar-refractivity contribution < 1.29 is 22.7 Å². The van der Waals surface area contributed by atoms with Gasteiger partial charge in [-0.1, -0.05) is 44.5 Å².